The maximum atomic E-state index is 12.4. The summed E-state index contributed by atoms with van der Waals surface area (Å²) >= 11 is 0. The van der Waals surface area contributed by atoms with E-state index in [1.807, 2.05) is 4.90 Å². The van der Waals surface area contributed by atoms with Crippen LogP contribution >= 0.6 is 0 Å². The second kappa shape index (κ2) is 10.5. The fourth-order valence-corrected chi connectivity index (χ4v) is 3.27. The molecular weight excluding hydrogens is 382 g/mol. The lowest BCUT2D eigenvalue weighted by atomic mass is 10.2. The largest absolute Gasteiger partial charge is 0.497 e. The molecule has 3 rings (SSSR count). The van der Waals surface area contributed by atoms with E-state index < -0.39 is 6.10 Å². The zero-order valence-electron chi connectivity index (χ0n) is 17.5. The first-order valence-electron chi connectivity index (χ1n) is 10.3. The maximum Gasteiger partial charge on any atom is 0.321 e. The van der Waals surface area contributed by atoms with Gasteiger partial charge in [0.15, 0.2) is 6.10 Å². The Bertz CT molecular complexity index is 829. The van der Waals surface area contributed by atoms with E-state index in [2.05, 4.69) is 10.6 Å². The summed E-state index contributed by atoms with van der Waals surface area (Å²) < 4.78 is 10.8. The molecule has 0 aromatic heterocycles. The number of likely N-dealkylation sites (tertiary alicyclic amines) is 1. The zero-order valence-corrected chi connectivity index (χ0v) is 17.5. The van der Waals surface area contributed by atoms with Gasteiger partial charge in [0, 0.05) is 24.5 Å². The Labute approximate surface area is 177 Å². The van der Waals surface area contributed by atoms with E-state index in [1.54, 1.807) is 62.6 Å². The smallest absolute Gasteiger partial charge is 0.321 e. The van der Waals surface area contributed by atoms with E-state index in [0.29, 0.717) is 17.1 Å². The Balaban J connectivity index is 1.50. The van der Waals surface area contributed by atoms with Crippen LogP contribution < -0.4 is 20.1 Å². The van der Waals surface area contributed by atoms with E-state index in [1.165, 1.54) is 12.8 Å². The molecule has 2 N–H and O–H groups in total. The van der Waals surface area contributed by atoms with E-state index >= 15 is 0 Å². The summed E-state index contributed by atoms with van der Waals surface area (Å²) in [6.45, 7) is 3.29. The van der Waals surface area contributed by atoms with Gasteiger partial charge >= 0.3 is 6.03 Å². The molecule has 1 heterocycles. The van der Waals surface area contributed by atoms with Crippen molar-refractivity contribution in [2.24, 2.45) is 0 Å². The van der Waals surface area contributed by atoms with E-state index in [0.717, 1.165) is 31.7 Å². The number of anilines is 2. The molecule has 3 amide bonds. The Morgan fingerprint density at radius 1 is 0.833 bits per heavy atom. The number of rotatable bonds is 6. The van der Waals surface area contributed by atoms with Gasteiger partial charge in [-0.05, 0) is 68.3 Å². The first-order valence-corrected chi connectivity index (χ1v) is 10.3. The van der Waals surface area contributed by atoms with Gasteiger partial charge in [0.2, 0.25) is 0 Å². The van der Waals surface area contributed by atoms with Crippen molar-refractivity contribution in [3.05, 3.63) is 48.5 Å². The van der Waals surface area contributed by atoms with E-state index in [-0.39, 0.29) is 11.9 Å². The minimum atomic E-state index is -0.666. The summed E-state index contributed by atoms with van der Waals surface area (Å²) in [5, 5.41) is 5.75. The van der Waals surface area contributed by atoms with Gasteiger partial charge in [0.05, 0.1) is 7.11 Å². The minimum Gasteiger partial charge on any atom is -0.497 e. The molecule has 1 atom stereocenters. The molecule has 1 aliphatic rings. The van der Waals surface area contributed by atoms with Crippen LogP contribution in [0.3, 0.4) is 0 Å². The first-order chi connectivity index (χ1) is 14.5. The number of ether oxygens (including phenoxy) is 2. The molecule has 1 saturated heterocycles. The van der Waals surface area contributed by atoms with Crippen LogP contribution in [-0.4, -0.2) is 43.1 Å². The number of nitrogens with one attached hydrogen (secondary N) is 2. The lowest BCUT2D eigenvalue weighted by Gasteiger charge is -2.21. The molecule has 0 spiro atoms. The summed E-state index contributed by atoms with van der Waals surface area (Å²) in [5.74, 6) is 1.06. The number of amides is 3. The molecule has 0 saturated carbocycles. The van der Waals surface area contributed by atoms with Crippen molar-refractivity contribution in [1.29, 1.82) is 0 Å². The third kappa shape index (κ3) is 6.14. The molecule has 30 heavy (non-hydrogen) atoms. The van der Waals surface area contributed by atoms with Gasteiger partial charge in [0.1, 0.15) is 11.5 Å². The number of methoxy groups -OCH3 is 1. The highest BCUT2D eigenvalue weighted by molar-refractivity contribution is 5.95. The predicted octanol–water partition coefficient (Wildman–Crippen LogP) is 4.51. The van der Waals surface area contributed by atoms with Crippen LogP contribution in [0.5, 0.6) is 11.5 Å². The second-order valence-corrected chi connectivity index (χ2v) is 7.33. The highest BCUT2D eigenvalue weighted by atomic mass is 16.5. The molecular formula is C23H29N3O4. The average Bonchev–Trinajstić information content (AvgIpc) is 3.05. The van der Waals surface area contributed by atoms with Crippen LogP contribution in [0.25, 0.3) is 0 Å². The van der Waals surface area contributed by atoms with Gasteiger partial charge in [-0.1, -0.05) is 12.8 Å². The monoisotopic (exact) mass is 411 g/mol. The third-order valence-electron chi connectivity index (χ3n) is 5.04. The van der Waals surface area contributed by atoms with Crippen molar-refractivity contribution in [1.82, 2.24) is 4.90 Å². The van der Waals surface area contributed by atoms with Crippen LogP contribution in [0.4, 0.5) is 16.2 Å². The van der Waals surface area contributed by atoms with Crippen molar-refractivity contribution in [3.8, 4) is 11.5 Å². The number of benzene rings is 2. The standard InChI is InChI=1S/C23H29N3O4/c1-17(30-21-13-11-20(29-2)12-14-21)22(27)24-18-7-9-19(10-8-18)25-23(28)26-15-5-3-4-6-16-26/h7-14,17H,3-6,15-16H2,1-2H3,(H,24,27)(H,25,28). The van der Waals surface area contributed by atoms with Gasteiger partial charge in [-0.25, -0.2) is 4.79 Å². The fraction of sp³-hybridized carbons (Fsp3) is 0.391. The lowest BCUT2D eigenvalue weighted by molar-refractivity contribution is -0.122. The number of nitrogens with zero attached hydrogens (tertiary/aromatic N) is 1. The molecule has 1 unspecified atom stereocenters. The molecule has 1 aliphatic heterocycles. The Hall–Kier alpha value is -3.22. The van der Waals surface area contributed by atoms with Crippen LogP contribution in [-0.2, 0) is 4.79 Å². The van der Waals surface area contributed by atoms with E-state index in [4.69, 9.17) is 9.47 Å². The summed E-state index contributed by atoms with van der Waals surface area (Å²) in [7, 11) is 1.59. The van der Waals surface area contributed by atoms with Crippen molar-refractivity contribution in [3.63, 3.8) is 0 Å². The lowest BCUT2D eigenvalue weighted by Crippen LogP contribution is -2.35. The van der Waals surface area contributed by atoms with Crippen LogP contribution in [0.1, 0.15) is 32.6 Å². The highest BCUT2D eigenvalue weighted by Gasteiger charge is 2.17. The summed E-state index contributed by atoms with van der Waals surface area (Å²) in [5.41, 5.74) is 1.34. The van der Waals surface area contributed by atoms with Gasteiger partial charge < -0.3 is 25.0 Å². The van der Waals surface area contributed by atoms with Gasteiger partial charge in [-0.2, -0.15) is 0 Å². The van der Waals surface area contributed by atoms with Gasteiger partial charge in [0.25, 0.3) is 5.91 Å². The molecule has 0 bridgehead atoms. The Kier molecular flexibility index (Phi) is 7.54. The molecule has 2 aromatic rings. The molecule has 0 aliphatic carbocycles. The predicted molar refractivity (Wildman–Crippen MR) is 117 cm³/mol. The molecule has 1 fully saturated rings. The zero-order chi connectivity index (χ0) is 21.3. The topological polar surface area (TPSA) is 79.9 Å². The minimum absolute atomic E-state index is 0.0739. The quantitative estimate of drug-likeness (QED) is 0.733. The Morgan fingerprint density at radius 3 is 1.93 bits per heavy atom. The molecule has 0 radical (unpaired) electrons. The van der Waals surface area contributed by atoms with Crippen LogP contribution in [0.15, 0.2) is 48.5 Å². The molecule has 2 aromatic carbocycles. The SMILES string of the molecule is COc1ccc(OC(C)C(=O)Nc2ccc(NC(=O)N3CCCCCC3)cc2)cc1. The second-order valence-electron chi connectivity index (χ2n) is 7.33. The fourth-order valence-electron chi connectivity index (χ4n) is 3.27. The Morgan fingerprint density at radius 2 is 1.37 bits per heavy atom. The number of hydrogen-bond acceptors (Lipinski definition) is 4. The number of carbonyl (C=O) groups is 2. The first kappa shape index (κ1) is 21.5. The molecule has 7 heteroatoms. The average molecular weight is 412 g/mol. The van der Waals surface area contributed by atoms with Crippen molar-refractivity contribution in [2.45, 2.75) is 38.7 Å². The van der Waals surface area contributed by atoms with Gasteiger partial charge in [-0.3, -0.25) is 4.79 Å². The summed E-state index contributed by atoms with van der Waals surface area (Å²) in [6, 6.07) is 14.1. The van der Waals surface area contributed by atoms with Crippen molar-refractivity contribution >= 4 is 23.3 Å². The van der Waals surface area contributed by atoms with Crippen molar-refractivity contribution in [2.75, 3.05) is 30.8 Å². The van der Waals surface area contributed by atoms with Crippen molar-refractivity contribution < 1.29 is 19.1 Å². The highest BCUT2D eigenvalue weighted by Crippen LogP contribution is 2.19. The summed E-state index contributed by atoms with van der Waals surface area (Å²) in [4.78, 5) is 26.7. The maximum absolute atomic E-state index is 12.4. The number of hydrogen-bond donors (Lipinski definition) is 2. The van der Waals surface area contributed by atoms with Crippen LogP contribution in [0, 0.1) is 0 Å². The van der Waals surface area contributed by atoms with Crippen LogP contribution in [0.2, 0.25) is 0 Å². The van der Waals surface area contributed by atoms with E-state index in [9.17, 15) is 9.59 Å². The molecule has 7 nitrogen and oxygen atoms in total. The molecule has 160 valence electrons. The number of carbonyl (C=O) groups excluding carboxylic acids is 2. The normalized spacial score (nSPS) is 14.9. The number of urea groups is 1. The van der Waals surface area contributed by atoms with Gasteiger partial charge in [-0.15, -0.1) is 0 Å². The third-order valence-corrected chi connectivity index (χ3v) is 5.04. The summed E-state index contributed by atoms with van der Waals surface area (Å²) in [6.07, 6.45) is 3.79.